The quantitative estimate of drug-likeness (QED) is 0.607. The van der Waals surface area contributed by atoms with Crippen molar-refractivity contribution < 1.29 is 0 Å². The van der Waals surface area contributed by atoms with E-state index in [1.165, 1.54) is 0 Å². The maximum Gasteiger partial charge on any atom is 0.0482 e. The second-order valence-corrected chi connectivity index (χ2v) is 2.24. The number of pyridine rings is 1. The fourth-order valence-electron chi connectivity index (χ4n) is 0.966. The molecule has 0 unspecified atom stereocenters. The van der Waals surface area contributed by atoms with Crippen LogP contribution in [0.15, 0.2) is 42.7 Å². The molecule has 0 bridgehead atoms. The van der Waals surface area contributed by atoms with Crippen LogP contribution in [0.3, 0.4) is 0 Å². The van der Waals surface area contributed by atoms with Crippen molar-refractivity contribution >= 4 is 0 Å². The summed E-state index contributed by atoms with van der Waals surface area (Å²) in [4.78, 5) is 8.28. The Morgan fingerprint density at radius 1 is 1.09 bits per heavy atom. The maximum absolute atomic E-state index is 4.16. The Morgan fingerprint density at radius 2 is 2.09 bits per heavy atom. The van der Waals surface area contributed by atoms with Gasteiger partial charge in [0.2, 0.25) is 0 Å². The Bertz CT molecular complexity index is 311. The van der Waals surface area contributed by atoms with Crippen molar-refractivity contribution in [3.63, 3.8) is 0 Å². The molecule has 0 aliphatic carbocycles. The van der Waals surface area contributed by atoms with Crippen LogP contribution < -0.4 is 4.98 Å². The van der Waals surface area contributed by atoms with E-state index in [0.717, 1.165) is 11.4 Å². The van der Waals surface area contributed by atoms with E-state index in [2.05, 4.69) is 9.97 Å². The van der Waals surface area contributed by atoms with Crippen molar-refractivity contribution in [3.8, 4) is 11.4 Å². The lowest BCUT2D eigenvalue weighted by Crippen LogP contribution is -1.81. The van der Waals surface area contributed by atoms with Crippen molar-refractivity contribution in [1.82, 2.24) is 9.97 Å². The van der Waals surface area contributed by atoms with Crippen LogP contribution in [0.5, 0.6) is 0 Å². The monoisotopic (exact) mass is 143 g/mol. The smallest absolute Gasteiger partial charge is 0.0482 e. The Kier molecular flexibility index (Phi) is 1.44. The van der Waals surface area contributed by atoms with Gasteiger partial charge in [-0.2, -0.15) is 6.20 Å². The van der Waals surface area contributed by atoms with Crippen molar-refractivity contribution in [2.24, 2.45) is 0 Å². The average Bonchev–Trinajstić information content (AvgIpc) is 2.58. The first-order valence-electron chi connectivity index (χ1n) is 3.46. The Morgan fingerprint density at radius 3 is 2.73 bits per heavy atom. The molecule has 2 heteroatoms. The summed E-state index contributed by atoms with van der Waals surface area (Å²) in [6.07, 6.45) is 3.54. The molecule has 0 amide bonds. The minimum absolute atomic E-state index is 0.928. The molecular weight excluding hydrogens is 136 g/mol. The summed E-state index contributed by atoms with van der Waals surface area (Å²) >= 11 is 0. The SMILES string of the molecule is c1ccc(-c2ccc[n-]2)nc1. The predicted molar refractivity (Wildman–Crippen MR) is 43.0 cm³/mol. The van der Waals surface area contributed by atoms with E-state index in [1.54, 1.807) is 12.4 Å². The second kappa shape index (κ2) is 2.58. The molecule has 2 aromatic rings. The van der Waals surface area contributed by atoms with Gasteiger partial charge in [0.1, 0.15) is 0 Å². The summed E-state index contributed by atoms with van der Waals surface area (Å²) in [5.41, 5.74) is 1.86. The van der Waals surface area contributed by atoms with E-state index >= 15 is 0 Å². The maximum atomic E-state index is 4.16. The minimum Gasteiger partial charge on any atom is -0.662 e. The molecule has 2 aromatic heterocycles. The molecule has 2 nitrogen and oxygen atoms in total. The summed E-state index contributed by atoms with van der Waals surface area (Å²) in [6.45, 7) is 0. The van der Waals surface area contributed by atoms with E-state index in [1.807, 2.05) is 30.3 Å². The van der Waals surface area contributed by atoms with Gasteiger partial charge < -0.3 is 4.98 Å². The van der Waals surface area contributed by atoms with Gasteiger partial charge in [-0.3, -0.25) is 4.98 Å². The van der Waals surface area contributed by atoms with Crippen LogP contribution in [0, 0.1) is 0 Å². The fraction of sp³-hybridized carbons (Fsp3) is 0. The molecule has 0 aliphatic heterocycles. The van der Waals surface area contributed by atoms with E-state index in [9.17, 15) is 0 Å². The van der Waals surface area contributed by atoms with Crippen LogP contribution in [0.1, 0.15) is 0 Å². The molecule has 0 spiro atoms. The first-order chi connectivity index (χ1) is 5.47. The van der Waals surface area contributed by atoms with Gasteiger partial charge in [0, 0.05) is 11.9 Å². The highest BCUT2D eigenvalue weighted by Gasteiger charge is 1.86. The predicted octanol–water partition coefficient (Wildman–Crippen LogP) is 1.71. The molecule has 0 atom stereocenters. The standard InChI is InChI=1S/C9H7N2/c1-2-6-10-8(4-1)9-5-3-7-11-9/h1-7H/q-1. The largest absolute Gasteiger partial charge is 0.662 e. The van der Waals surface area contributed by atoms with Crippen LogP contribution >= 0.6 is 0 Å². The van der Waals surface area contributed by atoms with Crippen molar-refractivity contribution in [1.29, 1.82) is 0 Å². The molecule has 0 saturated carbocycles. The van der Waals surface area contributed by atoms with Crippen LogP contribution in [-0.4, -0.2) is 4.98 Å². The van der Waals surface area contributed by atoms with Gasteiger partial charge >= 0.3 is 0 Å². The normalized spacial score (nSPS) is 9.82. The van der Waals surface area contributed by atoms with E-state index in [4.69, 9.17) is 0 Å². The highest BCUT2D eigenvalue weighted by molar-refractivity contribution is 5.53. The molecule has 54 valence electrons. The molecule has 0 aliphatic rings. The molecule has 0 N–H and O–H groups in total. The Labute approximate surface area is 64.9 Å². The molecular formula is C9H7N2-. The van der Waals surface area contributed by atoms with Crippen LogP contribution in [0.2, 0.25) is 0 Å². The first-order valence-corrected chi connectivity index (χ1v) is 3.46. The molecule has 11 heavy (non-hydrogen) atoms. The third-order valence-electron chi connectivity index (χ3n) is 1.48. The molecule has 0 aromatic carbocycles. The van der Waals surface area contributed by atoms with Gasteiger partial charge in [0.25, 0.3) is 0 Å². The molecule has 0 fully saturated rings. The van der Waals surface area contributed by atoms with Crippen molar-refractivity contribution in [2.45, 2.75) is 0 Å². The lowest BCUT2D eigenvalue weighted by Gasteiger charge is -2.02. The minimum atomic E-state index is 0.928. The van der Waals surface area contributed by atoms with Gasteiger partial charge in [0.05, 0.1) is 0 Å². The number of hydrogen-bond donors (Lipinski definition) is 0. The van der Waals surface area contributed by atoms with Gasteiger partial charge in [0.15, 0.2) is 0 Å². The zero-order valence-electron chi connectivity index (χ0n) is 5.94. The summed E-state index contributed by atoms with van der Waals surface area (Å²) < 4.78 is 0. The number of nitrogens with zero attached hydrogens (tertiary/aromatic N) is 2. The third-order valence-corrected chi connectivity index (χ3v) is 1.48. The van der Waals surface area contributed by atoms with E-state index < -0.39 is 0 Å². The second-order valence-electron chi connectivity index (χ2n) is 2.24. The van der Waals surface area contributed by atoms with Gasteiger partial charge in [-0.05, 0) is 12.1 Å². The lowest BCUT2D eigenvalue weighted by molar-refractivity contribution is 1.27. The van der Waals surface area contributed by atoms with Crippen LogP contribution in [0.25, 0.3) is 11.4 Å². The molecule has 2 heterocycles. The first kappa shape index (κ1) is 6.16. The third kappa shape index (κ3) is 1.15. The number of aromatic nitrogens is 2. The highest BCUT2D eigenvalue weighted by Crippen LogP contribution is 2.10. The van der Waals surface area contributed by atoms with Crippen LogP contribution in [-0.2, 0) is 0 Å². The van der Waals surface area contributed by atoms with E-state index in [0.29, 0.717) is 0 Å². The average molecular weight is 143 g/mol. The summed E-state index contributed by atoms with van der Waals surface area (Å²) in [6, 6.07) is 9.65. The molecule has 0 saturated heterocycles. The van der Waals surface area contributed by atoms with Crippen LogP contribution in [0.4, 0.5) is 0 Å². The zero-order chi connectivity index (χ0) is 7.52. The van der Waals surface area contributed by atoms with Gasteiger partial charge in [-0.1, -0.05) is 18.2 Å². The van der Waals surface area contributed by atoms with E-state index in [-0.39, 0.29) is 0 Å². The fourth-order valence-corrected chi connectivity index (χ4v) is 0.966. The number of hydrogen-bond acceptors (Lipinski definition) is 1. The summed E-state index contributed by atoms with van der Waals surface area (Å²) in [5, 5.41) is 0. The van der Waals surface area contributed by atoms with Crippen molar-refractivity contribution in [2.75, 3.05) is 0 Å². The highest BCUT2D eigenvalue weighted by atomic mass is 14.8. The summed E-state index contributed by atoms with van der Waals surface area (Å²) in [7, 11) is 0. The molecule has 2 rings (SSSR count). The summed E-state index contributed by atoms with van der Waals surface area (Å²) in [5.74, 6) is 0. The molecule has 0 radical (unpaired) electrons. The number of rotatable bonds is 1. The zero-order valence-corrected chi connectivity index (χ0v) is 5.94. The van der Waals surface area contributed by atoms with Gasteiger partial charge in [-0.25, -0.2) is 0 Å². The van der Waals surface area contributed by atoms with Crippen molar-refractivity contribution in [3.05, 3.63) is 42.7 Å². The lowest BCUT2D eigenvalue weighted by atomic mass is 10.3. The van der Waals surface area contributed by atoms with Gasteiger partial charge in [-0.15, -0.1) is 5.69 Å². The topological polar surface area (TPSA) is 27.0 Å². The Balaban J connectivity index is 2.46. The Hall–Kier alpha value is -1.57.